The molecule has 1 N–H and O–H groups in total. The van der Waals surface area contributed by atoms with Crippen molar-refractivity contribution in [3.63, 3.8) is 0 Å². The molecule has 0 unspecified atom stereocenters. The molecule has 0 atom stereocenters. The molecule has 0 spiro atoms. The van der Waals surface area contributed by atoms with Gasteiger partial charge in [0.05, 0.1) is 0 Å². The molecule has 0 fully saturated rings. The second-order valence-electron chi connectivity index (χ2n) is 4.87. The Bertz CT molecular complexity index is 997. The third kappa shape index (κ3) is 2.97. The Balaban J connectivity index is 1.63. The van der Waals surface area contributed by atoms with Crippen molar-refractivity contribution in [3.05, 3.63) is 52.3 Å². The van der Waals surface area contributed by atoms with Crippen molar-refractivity contribution in [1.82, 2.24) is 25.1 Å². The number of hydrogen-bond donors (Lipinski definition) is 1. The highest BCUT2D eigenvalue weighted by Crippen LogP contribution is 2.25. The minimum atomic E-state index is 0.373. The molecule has 0 aliphatic rings. The van der Waals surface area contributed by atoms with E-state index in [0.29, 0.717) is 21.2 Å². The highest BCUT2D eigenvalue weighted by atomic mass is 35.5. The molecule has 5 nitrogen and oxygen atoms in total. The number of H-pyrrole nitrogens is 1. The van der Waals surface area contributed by atoms with E-state index in [2.05, 4.69) is 25.1 Å². The highest BCUT2D eigenvalue weighted by Gasteiger charge is 2.09. The fourth-order valence-corrected chi connectivity index (χ4v) is 3.53. The molecule has 0 amide bonds. The van der Waals surface area contributed by atoms with E-state index in [9.17, 15) is 0 Å². The zero-order valence-electron chi connectivity index (χ0n) is 11.6. The lowest BCUT2D eigenvalue weighted by Crippen LogP contribution is -1.92. The summed E-state index contributed by atoms with van der Waals surface area (Å²) in [5.41, 5.74) is 3.47. The second-order valence-corrected chi connectivity index (χ2v) is 6.59. The van der Waals surface area contributed by atoms with E-state index < -0.39 is 0 Å². The molecule has 0 bridgehead atoms. The monoisotopic (exact) mass is 361 g/mol. The summed E-state index contributed by atoms with van der Waals surface area (Å²) in [6.07, 6.45) is 0. The Kier molecular flexibility index (Phi) is 3.80. The van der Waals surface area contributed by atoms with Gasteiger partial charge in [-0.2, -0.15) is 0 Å². The maximum Gasteiger partial charge on any atom is 0.211 e. The van der Waals surface area contributed by atoms with Crippen LogP contribution in [0.1, 0.15) is 5.56 Å². The van der Waals surface area contributed by atoms with E-state index in [1.807, 2.05) is 24.3 Å². The van der Waals surface area contributed by atoms with Crippen LogP contribution in [0.15, 0.2) is 41.6 Å². The van der Waals surface area contributed by atoms with Crippen LogP contribution in [0.5, 0.6) is 0 Å². The van der Waals surface area contributed by atoms with Crippen LogP contribution in [0, 0.1) is 0 Å². The summed E-state index contributed by atoms with van der Waals surface area (Å²) in [6, 6.07) is 11.5. The van der Waals surface area contributed by atoms with Crippen LogP contribution in [0.3, 0.4) is 0 Å². The lowest BCUT2D eigenvalue weighted by Gasteiger charge is -2.01. The lowest BCUT2D eigenvalue weighted by atomic mass is 10.2. The number of aromatic nitrogens is 5. The van der Waals surface area contributed by atoms with Gasteiger partial charge in [0.25, 0.3) is 0 Å². The number of fused-ring (bicyclic) bond motifs is 3. The van der Waals surface area contributed by atoms with Crippen LogP contribution in [0.25, 0.3) is 22.1 Å². The summed E-state index contributed by atoms with van der Waals surface area (Å²) in [4.78, 5) is 11.7. The van der Waals surface area contributed by atoms with Crippen LogP contribution in [-0.2, 0) is 5.75 Å². The minimum absolute atomic E-state index is 0.373. The average Bonchev–Trinajstić information content (AvgIpc) is 2.89. The number of halogens is 2. The first kappa shape index (κ1) is 14.7. The highest BCUT2D eigenvalue weighted by molar-refractivity contribution is 7.98. The summed E-state index contributed by atoms with van der Waals surface area (Å²) in [5, 5.41) is 10.8. The van der Waals surface area contributed by atoms with Gasteiger partial charge in [-0.05, 0) is 23.8 Å². The molecule has 3 heterocycles. The molecular weight excluding hydrogens is 353 g/mol. The molecule has 23 heavy (non-hydrogen) atoms. The summed E-state index contributed by atoms with van der Waals surface area (Å²) in [5.74, 6) is 0.634. The molecule has 0 radical (unpaired) electrons. The van der Waals surface area contributed by atoms with E-state index >= 15 is 0 Å². The number of nitrogens with zero attached hydrogens (tertiary/aromatic N) is 4. The van der Waals surface area contributed by atoms with Crippen molar-refractivity contribution >= 4 is 57.0 Å². The predicted octanol–water partition coefficient (Wildman–Crippen LogP) is 4.50. The van der Waals surface area contributed by atoms with Crippen LogP contribution < -0.4 is 0 Å². The van der Waals surface area contributed by atoms with Crippen molar-refractivity contribution in [2.75, 3.05) is 0 Å². The van der Waals surface area contributed by atoms with Crippen molar-refractivity contribution in [2.45, 2.75) is 10.9 Å². The number of nitrogens with one attached hydrogen (secondary N) is 1. The van der Waals surface area contributed by atoms with E-state index in [0.717, 1.165) is 27.6 Å². The molecule has 3 aromatic heterocycles. The van der Waals surface area contributed by atoms with Gasteiger partial charge in [-0.3, -0.25) is 0 Å². The van der Waals surface area contributed by atoms with Gasteiger partial charge in [0, 0.05) is 16.7 Å². The summed E-state index contributed by atoms with van der Waals surface area (Å²) < 4.78 is 0. The van der Waals surface area contributed by atoms with Crippen LogP contribution in [-0.4, -0.2) is 25.1 Å². The number of aromatic amines is 1. The van der Waals surface area contributed by atoms with Gasteiger partial charge in [0.1, 0.15) is 15.8 Å². The number of rotatable bonds is 3. The zero-order valence-corrected chi connectivity index (χ0v) is 14.0. The average molecular weight is 362 g/mol. The molecular formula is C15H9Cl2N5S. The number of pyridine rings is 1. The van der Waals surface area contributed by atoms with Gasteiger partial charge in [-0.1, -0.05) is 53.2 Å². The van der Waals surface area contributed by atoms with E-state index in [1.54, 1.807) is 12.1 Å². The Morgan fingerprint density at radius 2 is 1.78 bits per heavy atom. The number of hydrogen-bond acceptors (Lipinski definition) is 5. The van der Waals surface area contributed by atoms with Crippen LogP contribution in [0.4, 0.5) is 0 Å². The Labute approximate surface area is 145 Å². The SMILES string of the molecule is Clc1cc(CSc2nnc3c(n2)[nH]c2ccccc23)cc(Cl)n1. The topological polar surface area (TPSA) is 67.3 Å². The fraction of sp³-hybridized carbons (Fsp3) is 0.0667. The standard InChI is InChI=1S/C15H9Cl2N5S/c16-11-5-8(6-12(17)19-11)7-23-15-20-14-13(21-22-15)9-3-1-2-4-10(9)18-14/h1-6H,7H2,(H,18,20,22). The third-order valence-corrected chi connectivity index (χ3v) is 4.59. The molecule has 8 heteroatoms. The molecule has 114 valence electrons. The second kappa shape index (κ2) is 5.96. The summed E-state index contributed by atoms with van der Waals surface area (Å²) in [6.45, 7) is 0. The van der Waals surface area contributed by atoms with Gasteiger partial charge in [-0.15, -0.1) is 10.2 Å². The summed E-state index contributed by atoms with van der Waals surface area (Å²) >= 11 is 13.3. The van der Waals surface area contributed by atoms with E-state index in [1.165, 1.54) is 11.8 Å². The van der Waals surface area contributed by atoms with Gasteiger partial charge >= 0.3 is 0 Å². The predicted molar refractivity (Wildman–Crippen MR) is 93.0 cm³/mol. The van der Waals surface area contributed by atoms with E-state index in [-0.39, 0.29) is 0 Å². The molecule has 1 aromatic carbocycles. The number of para-hydroxylation sites is 1. The van der Waals surface area contributed by atoms with E-state index in [4.69, 9.17) is 23.2 Å². The quantitative estimate of drug-likeness (QED) is 0.429. The molecule has 4 rings (SSSR count). The molecule has 0 aliphatic carbocycles. The molecule has 0 aliphatic heterocycles. The normalized spacial score (nSPS) is 11.4. The lowest BCUT2D eigenvalue weighted by molar-refractivity contribution is 0.878. The third-order valence-electron chi connectivity index (χ3n) is 3.29. The Morgan fingerprint density at radius 3 is 2.61 bits per heavy atom. The van der Waals surface area contributed by atoms with Gasteiger partial charge < -0.3 is 4.98 Å². The number of benzene rings is 1. The van der Waals surface area contributed by atoms with Gasteiger partial charge in [-0.25, -0.2) is 9.97 Å². The largest absolute Gasteiger partial charge is 0.338 e. The van der Waals surface area contributed by atoms with Crippen LogP contribution >= 0.6 is 35.0 Å². The van der Waals surface area contributed by atoms with Crippen molar-refractivity contribution < 1.29 is 0 Å². The summed E-state index contributed by atoms with van der Waals surface area (Å²) in [7, 11) is 0. The van der Waals surface area contributed by atoms with Gasteiger partial charge in [0.15, 0.2) is 5.65 Å². The first-order valence-corrected chi connectivity index (χ1v) is 8.49. The molecule has 0 saturated heterocycles. The number of thioether (sulfide) groups is 1. The first-order chi connectivity index (χ1) is 11.2. The van der Waals surface area contributed by atoms with Crippen molar-refractivity contribution in [2.24, 2.45) is 0 Å². The Hall–Kier alpha value is -1.89. The smallest absolute Gasteiger partial charge is 0.211 e. The first-order valence-electron chi connectivity index (χ1n) is 6.75. The Morgan fingerprint density at radius 1 is 1.00 bits per heavy atom. The molecule has 4 aromatic rings. The zero-order chi connectivity index (χ0) is 15.8. The van der Waals surface area contributed by atoms with Crippen molar-refractivity contribution in [1.29, 1.82) is 0 Å². The minimum Gasteiger partial charge on any atom is -0.338 e. The maximum atomic E-state index is 5.90. The van der Waals surface area contributed by atoms with Crippen molar-refractivity contribution in [3.8, 4) is 0 Å². The van der Waals surface area contributed by atoms with Gasteiger partial charge in [0.2, 0.25) is 5.16 Å². The molecule has 0 saturated carbocycles. The van der Waals surface area contributed by atoms with Crippen LogP contribution in [0.2, 0.25) is 10.3 Å². The maximum absolute atomic E-state index is 5.90. The fourth-order valence-electron chi connectivity index (χ4n) is 2.31.